The largest absolute Gasteiger partial charge is 0.493 e. The zero-order valence-corrected chi connectivity index (χ0v) is 10.1. The Kier molecular flexibility index (Phi) is 3.69. The SMILES string of the molecule is CCOc1c(C)ccc(Br)c1C(C)=O. The Hall–Kier alpha value is -0.830. The molecule has 3 heteroatoms. The fraction of sp³-hybridized carbons (Fsp3) is 0.364. The van der Waals surface area contributed by atoms with Gasteiger partial charge in [-0.05, 0) is 48.3 Å². The minimum Gasteiger partial charge on any atom is -0.493 e. The number of halogens is 1. The predicted octanol–water partition coefficient (Wildman–Crippen LogP) is 3.36. The summed E-state index contributed by atoms with van der Waals surface area (Å²) in [6.07, 6.45) is 0. The number of rotatable bonds is 3. The maximum absolute atomic E-state index is 11.4. The molecule has 0 amide bonds. The van der Waals surface area contributed by atoms with Crippen molar-refractivity contribution in [2.24, 2.45) is 0 Å². The highest BCUT2D eigenvalue weighted by atomic mass is 79.9. The molecule has 0 saturated heterocycles. The van der Waals surface area contributed by atoms with Crippen LogP contribution in [0.15, 0.2) is 16.6 Å². The molecule has 0 atom stereocenters. The van der Waals surface area contributed by atoms with E-state index < -0.39 is 0 Å². The summed E-state index contributed by atoms with van der Waals surface area (Å²) < 4.78 is 6.25. The standard InChI is InChI=1S/C11H13BrO2/c1-4-14-11-7(2)5-6-9(12)10(11)8(3)13/h5-6H,4H2,1-3H3. The van der Waals surface area contributed by atoms with Crippen molar-refractivity contribution in [1.29, 1.82) is 0 Å². The lowest BCUT2D eigenvalue weighted by atomic mass is 10.1. The van der Waals surface area contributed by atoms with Crippen LogP contribution in [0.2, 0.25) is 0 Å². The molecule has 0 N–H and O–H groups in total. The molecule has 0 aliphatic rings. The summed E-state index contributed by atoms with van der Waals surface area (Å²) in [6.45, 7) is 5.95. The Morgan fingerprint density at radius 2 is 2.14 bits per heavy atom. The lowest BCUT2D eigenvalue weighted by Gasteiger charge is -2.12. The summed E-state index contributed by atoms with van der Waals surface area (Å²) in [5, 5.41) is 0. The molecule has 1 aromatic rings. The number of carbonyl (C=O) groups excluding carboxylic acids is 1. The number of aryl methyl sites for hydroxylation is 1. The van der Waals surface area contributed by atoms with Crippen LogP contribution in [0.4, 0.5) is 0 Å². The van der Waals surface area contributed by atoms with Gasteiger partial charge in [-0.15, -0.1) is 0 Å². The smallest absolute Gasteiger partial charge is 0.164 e. The van der Waals surface area contributed by atoms with Crippen molar-refractivity contribution < 1.29 is 9.53 Å². The van der Waals surface area contributed by atoms with Crippen molar-refractivity contribution in [2.45, 2.75) is 20.8 Å². The van der Waals surface area contributed by atoms with E-state index in [1.807, 2.05) is 26.0 Å². The Morgan fingerprint density at radius 3 is 2.64 bits per heavy atom. The third kappa shape index (κ3) is 2.15. The van der Waals surface area contributed by atoms with Crippen molar-refractivity contribution in [3.05, 3.63) is 27.7 Å². The topological polar surface area (TPSA) is 26.3 Å². The number of hydrogen-bond acceptors (Lipinski definition) is 2. The quantitative estimate of drug-likeness (QED) is 0.776. The maximum atomic E-state index is 11.4. The van der Waals surface area contributed by atoms with Gasteiger partial charge in [0.15, 0.2) is 5.78 Å². The fourth-order valence-electron chi connectivity index (χ4n) is 1.32. The van der Waals surface area contributed by atoms with Crippen molar-refractivity contribution in [2.75, 3.05) is 6.61 Å². The van der Waals surface area contributed by atoms with Crippen LogP contribution in [0.5, 0.6) is 5.75 Å². The first kappa shape index (κ1) is 11.2. The van der Waals surface area contributed by atoms with Crippen LogP contribution >= 0.6 is 15.9 Å². The summed E-state index contributed by atoms with van der Waals surface area (Å²) in [5.74, 6) is 0.707. The highest BCUT2D eigenvalue weighted by molar-refractivity contribution is 9.10. The average molecular weight is 257 g/mol. The van der Waals surface area contributed by atoms with Gasteiger partial charge in [-0.3, -0.25) is 4.79 Å². The van der Waals surface area contributed by atoms with E-state index in [1.165, 1.54) is 0 Å². The third-order valence-electron chi connectivity index (χ3n) is 1.94. The van der Waals surface area contributed by atoms with E-state index in [1.54, 1.807) is 6.92 Å². The maximum Gasteiger partial charge on any atom is 0.164 e. The Bertz CT molecular complexity index is 359. The molecule has 76 valence electrons. The zero-order chi connectivity index (χ0) is 10.7. The van der Waals surface area contributed by atoms with Crippen molar-refractivity contribution in [3.63, 3.8) is 0 Å². The van der Waals surface area contributed by atoms with Crippen molar-refractivity contribution in [1.82, 2.24) is 0 Å². The first-order valence-corrected chi connectivity index (χ1v) is 5.30. The number of Topliss-reactive ketones (excluding diaryl/α,β-unsaturated/α-hetero) is 1. The molecule has 0 aromatic heterocycles. The molecule has 2 nitrogen and oxygen atoms in total. The van der Waals surface area contributed by atoms with Crippen molar-refractivity contribution in [3.8, 4) is 5.75 Å². The Labute approximate surface area is 92.4 Å². The molecule has 0 fully saturated rings. The highest BCUT2D eigenvalue weighted by Gasteiger charge is 2.14. The van der Waals surface area contributed by atoms with E-state index in [2.05, 4.69) is 15.9 Å². The molecule has 0 aliphatic carbocycles. The monoisotopic (exact) mass is 256 g/mol. The first-order valence-electron chi connectivity index (χ1n) is 4.50. The third-order valence-corrected chi connectivity index (χ3v) is 2.61. The first-order chi connectivity index (χ1) is 6.57. The minimum atomic E-state index is 0.0176. The Balaban J connectivity index is 3.33. The predicted molar refractivity (Wildman–Crippen MR) is 60.1 cm³/mol. The van der Waals surface area contributed by atoms with E-state index in [0.29, 0.717) is 17.9 Å². The van der Waals surface area contributed by atoms with Crippen LogP contribution in [0.1, 0.15) is 29.8 Å². The average Bonchev–Trinajstić information content (AvgIpc) is 2.11. The second-order valence-corrected chi connectivity index (χ2v) is 3.91. The number of carbonyl (C=O) groups is 1. The molecule has 1 aromatic carbocycles. The van der Waals surface area contributed by atoms with Gasteiger partial charge >= 0.3 is 0 Å². The van der Waals surface area contributed by atoms with Gasteiger partial charge in [-0.1, -0.05) is 6.07 Å². The molecule has 0 bridgehead atoms. The summed E-state index contributed by atoms with van der Waals surface area (Å²) >= 11 is 3.35. The van der Waals surface area contributed by atoms with Gasteiger partial charge in [0.2, 0.25) is 0 Å². The summed E-state index contributed by atoms with van der Waals surface area (Å²) in [7, 11) is 0. The second kappa shape index (κ2) is 4.60. The molecule has 0 spiro atoms. The summed E-state index contributed by atoms with van der Waals surface area (Å²) in [5.41, 5.74) is 1.62. The van der Waals surface area contributed by atoms with E-state index >= 15 is 0 Å². The number of benzene rings is 1. The van der Waals surface area contributed by atoms with Gasteiger partial charge < -0.3 is 4.74 Å². The second-order valence-electron chi connectivity index (χ2n) is 3.06. The lowest BCUT2D eigenvalue weighted by molar-refractivity contribution is 0.101. The number of ketones is 1. The molecule has 1 rings (SSSR count). The lowest BCUT2D eigenvalue weighted by Crippen LogP contribution is -2.03. The van der Waals surface area contributed by atoms with Crippen LogP contribution in [0.25, 0.3) is 0 Å². The van der Waals surface area contributed by atoms with E-state index in [9.17, 15) is 4.79 Å². The van der Waals surface area contributed by atoms with Crippen LogP contribution < -0.4 is 4.74 Å². The fourth-order valence-corrected chi connectivity index (χ4v) is 1.91. The van der Waals surface area contributed by atoms with E-state index in [-0.39, 0.29) is 5.78 Å². The van der Waals surface area contributed by atoms with Gasteiger partial charge in [0, 0.05) is 4.47 Å². The normalized spacial score (nSPS) is 10.0. The van der Waals surface area contributed by atoms with Crippen LogP contribution in [-0.2, 0) is 0 Å². The molecule has 0 saturated carbocycles. The molecule has 0 aliphatic heterocycles. The van der Waals surface area contributed by atoms with E-state index in [0.717, 1.165) is 10.0 Å². The Morgan fingerprint density at radius 1 is 1.50 bits per heavy atom. The number of ether oxygens (including phenoxy) is 1. The van der Waals surface area contributed by atoms with E-state index in [4.69, 9.17) is 4.74 Å². The van der Waals surface area contributed by atoms with Gasteiger partial charge in [-0.2, -0.15) is 0 Å². The number of hydrogen-bond donors (Lipinski definition) is 0. The van der Waals surface area contributed by atoms with Gasteiger partial charge in [0.1, 0.15) is 5.75 Å². The molecule has 14 heavy (non-hydrogen) atoms. The van der Waals surface area contributed by atoms with Crippen LogP contribution in [0, 0.1) is 6.92 Å². The molecular formula is C11H13BrO2. The van der Waals surface area contributed by atoms with Crippen LogP contribution in [0.3, 0.4) is 0 Å². The van der Waals surface area contributed by atoms with Crippen LogP contribution in [-0.4, -0.2) is 12.4 Å². The molecule has 0 heterocycles. The molecular weight excluding hydrogens is 244 g/mol. The summed E-state index contributed by atoms with van der Waals surface area (Å²) in [4.78, 5) is 11.4. The molecule has 0 unspecified atom stereocenters. The van der Waals surface area contributed by atoms with Gasteiger partial charge in [0.25, 0.3) is 0 Å². The van der Waals surface area contributed by atoms with Crippen molar-refractivity contribution >= 4 is 21.7 Å². The highest BCUT2D eigenvalue weighted by Crippen LogP contribution is 2.30. The van der Waals surface area contributed by atoms with Gasteiger partial charge in [-0.25, -0.2) is 0 Å². The zero-order valence-electron chi connectivity index (χ0n) is 8.56. The van der Waals surface area contributed by atoms with Gasteiger partial charge in [0.05, 0.1) is 12.2 Å². The molecule has 0 radical (unpaired) electrons. The minimum absolute atomic E-state index is 0.0176. The summed E-state index contributed by atoms with van der Waals surface area (Å²) in [6, 6.07) is 3.80.